The Labute approximate surface area is 115 Å². The van der Waals surface area contributed by atoms with Gasteiger partial charge < -0.3 is 10.4 Å². The fraction of sp³-hybridized carbons (Fsp3) is 0.0909. The normalized spacial score (nSPS) is 10.4. The van der Waals surface area contributed by atoms with E-state index in [0.29, 0.717) is 6.07 Å². The van der Waals surface area contributed by atoms with Crippen molar-refractivity contribution in [2.45, 2.75) is 6.54 Å². The van der Waals surface area contributed by atoms with Crippen molar-refractivity contribution in [3.63, 3.8) is 0 Å². The lowest BCUT2D eigenvalue weighted by atomic mass is 10.2. The van der Waals surface area contributed by atoms with Gasteiger partial charge >= 0.3 is 5.97 Å². The Morgan fingerprint density at radius 2 is 1.86 bits per heavy atom. The average molecular weight is 300 g/mol. The standard InChI is InChI=1S/C11H7F3N4O3/c12-5-1-7(14)8(2-6(5)13)15-11(21)9-3-18(17-16-9)4-10(19)20/h1-3H,4H2,(H,15,21)(H,19,20). The van der Waals surface area contributed by atoms with Crippen LogP contribution >= 0.6 is 0 Å². The molecule has 7 nitrogen and oxygen atoms in total. The van der Waals surface area contributed by atoms with E-state index in [0.717, 1.165) is 10.9 Å². The van der Waals surface area contributed by atoms with Crippen molar-refractivity contribution in [2.75, 3.05) is 5.32 Å². The largest absolute Gasteiger partial charge is 0.480 e. The predicted octanol–water partition coefficient (Wildman–Crippen LogP) is 1.03. The third-order valence-corrected chi connectivity index (χ3v) is 2.33. The van der Waals surface area contributed by atoms with Gasteiger partial charge in [-0.2, -0.15) is 0 Å². The molecule has 1 aromatic heterocycles. The van der Waals surface area contributed by atoms with E-state index in [1.807, 2.05) is 5.32 Å². The predicted molar refractivity (Wildman–Crippen MR) is 61.9 cm³/mol. The summed E-state index contributed by atoms with van der Waals surface area (Å²) in [7, 11) is 0. The summed E-state index contributed by atoms with van der Waals surface area (Å²) in [5, 5.41) is 17.3. The zero-order valence-corrected chi connectivity index (χ0v) is 10.2. The van der Waals surface area contributed by atoms with Gasteiger partial charge in [-0.1, -0.05) is 5.21 Å². The molecule has 2 N–H and O–H groups in total. The number of carbonyl (C=O) groups excluding carboxylic acids is 1. The van der Waals surface area contributed by atoms with E-state index in [9.17, 15) is 22.8 Å². The van der Waals surface area contributed by atoms with Crippen molar-refractivity contribution in [3.05, 3.63) is 41.5 Å². The maximum Gasteiger partial charge on any atom is 0.325 e. The number of nitrogens with one attached hydrogen (secondary N) is 1. The minimum atomic E-state index is -1.39. The van der Waals surface area contributed by atoms with Crippen molar-refractivity contribution in [1.29, 1.82) is 0 Å². The van der Waals surface area contributed by atoms with Crippen LogP contribution in [0.25, 0.3) is 0 Å². The molecule has 0 radical (unpaired) electrons. The monoisotopic (exact) mass is 300 g/mol. The maximum absolute atomic E-state index is 13.3. The molecule has 0 unspecified atom stereocenters. The van der Waals surface area contributed by atoms with Crippen LogP contribution in [0.1, 0.15) is 10.5 Å². The molecule has 2 rings (SSSR count). The summed E-state index contributed by atoms with van der Waals surface area (Å²) >= 11 is 0. The van der Waals surface area contributed by atoms with E-state index in [1.54, 1.807) is 0 Å². The van der Waals surface area contributed by atoms with Crippen molar-refractivity contribution < 1.29 is 27.9 Å². The van der Waals surface area contributed by atoms with E-state index in [2.05, 4.69) is 10.3 Å². The van der Waals surface area contributed by atoms with Gasteiger partial charge in [0.15, 0.2) is 17.3 Å². The smallest absolute Gasteiger partial charge is 0.325 e. The fourth-order valence-electron chi connectivity index (χ4n) is 1.42. The minimum absolute atomic E-state index is 0.284. The highest BCUT2D eigenvalue weighted by atomic mass is 19.2. The van der Waals surface area contributed by atoms with Crippen LogP contribution in [0.5, 0.6) is 0 Å². The highest BCUT2D eigenvalue weighted by molar-refractivity contribution is 6.02. The summed E-state index contributed by atoms with van der Waals surface area (Å²) < 4.78 is 39.9. The number of carbonyl (C=O) groups is 2. The van der Waals surface area contributed by atoms with Gasteiger partial charge in [-0.15, -0.1) is 5.10 Å². The van der Waals surface area contributed by atoms with Crippen LogP contribution in [0, 0.1) is 17.5 Å². The van der Waals surface area contributed by atoms with Crippen molar-refractivity contribution in [1.82, 2.24) is 15.0 Å². The lowest BCUT2D eigenvalue weighted by molar-refractivity contribution is -0.137. The second-order valence-corrected chi connectivity index (χ2v) is 3.90. The molecule has 1 heterocycles. The Morgan fingerprint density at radius 1 is 1.19 bits per heavy atom. The first-order chi connectivity index (χ1) is 9.86. The summed E-state index contributed by atoms with van der Waals surface area (Å²) in [5.41, 5.74) is -0.882. The molecule has 0 fully saturated rings. The van der Waals surface area contributed by atoms with Gasteiger partial charge in [0.25, 0.3) is 5.91 Å². The number of carboxylic acids is 1. The summed E-state index contributed by atoms with van der Waals surface area (Å²) in [6.07, 6.45) is 1.02. The van der Waals surface area contributed by atoms with Crippen LogP contribution in [0.4, 0.5) is 18.9 Å². The number of halogens is 3. The molecule has 21 heavy (non-hydrogen) atoms. The van der Waals surface area contributed by atoms with Crippen LogP contribution in [0.3, 0.4) is 0 Å². The molecule has 0 aliphatic carbocycles. The Balaban J connectivity index is 2.16. The van der Waals surface area contributed by atoms with E-state index in [4.69, 9.17) is 5.11 Å². The van der Waals surface area contributed by atoms with Gasteiger partial charge in [0.05, 0.1) is 11.9 Å². The number of rotatable bonds is 4. The van der Waals surface area contributed by atoms with Crippen LogP contribution < -0.4 is 5.32 Å². The first-order valence-electron chi connectivity index (χ1n) is 5.44. The number of hydrogen-bond acceptors (Lipinski definition) is 4. The Hall–Kier alpha value is -2.91. The summed E-state index contributed by atoms with van der Waals surface area (Å²) in [4.78, 5) is 22.1. The fourth-order valence-corrected chi connectivity index (χ4v) is 1.42. The molecule has 10 heteroatoms. The molecular formula is C11H7F3N4O3. The SMILES string of the molecule is O=C(O)Cn1cc(C(=O)Nc2cc(F)c(F)cc2F)nn1. The Bertz CT molecular complexity index is 717. The Morgan fingerprint density at radius 3 is 2.52 bits per heavy atom. The van der Waals surface area contributed by atoms with Crippen LogP contribution in [-0.4, -0.2) is 32.0 Å². The van der Waals surface area contributed by atoms with Crippen LogP contribution in [0.2, 0.25) is 0 Å². The van der Waals surface area contributed by atoms with Gasteiger partial charge in [0, 0.05) is 12.1 Å². The van der Waals surface area contributed by atoms with Crippen molar-refractivity contribution in [3.8, 4) is 0 Å². The molecule has 0 aliphatic rings. The lowest BCUT2D eigenvalue weighted by Crippen LogP contribution is -2.14. The zero-order valence-electron chi connectivity index (χ0n) is 10.2. The average Bonchev–Trinajstić information content (AvgIpc) is 2.83. The molecule has 1 amide bonds. The molecule has 0 atom stereocenters. The van der Waals surface area contributed by atoms with Crippen LogP contribution in [-0.2, 0) is 11.3 Å². The molecule has 0 aliphatic heterocycles. The second-order valence-electron chi connectivity index (χ2n) is 3.90. The second kappa shape index (κ2) is 5.61. The minimum Gasteiger partial charge on any atom is -0.480 e. The van der Waals surface area contributed by atoms with Crippen LogP contribution in [0.15, 0.2) is 18.3 Å². The van der Waals surface area contributed by atoms with Crippen molar-refractivity contribution >= 4 is 17.6 Å². The lowest BCUT2D eigenvalue weighted by Gasteiger charge is -2.05. The number of amides is 1. The number of aromatic nitrogens is 3. The van der Waals surface area contributed by atoms with E-state index < -0.39 is 41.6 Å². The molecule has 2 aromatic rings. The molecule has 1 aromatic carbocycles. The maximum atomic E-state index is 13.3. The third-order valence-electron chi connectivity index (χ3n) is 2.33. The quantitative estimate of drug-likeness (QED) is 0.822. The molecule has 0 bridgehead atoms. The van der Waals surface area contributed by atoms with E-state index in [1.165, 1.54) is 0 Å². The van der Waals surface area contributed by atoms with E-state index in [-0.39, 0.29) is 11.8 Å². The Kier molecular flexibility index (Phi) is 3.87. The molecular weight excluding hydrogens is 293 g/mol. The molecule has 110 valence electrons. The summed E-state index contributed by atoms with van der Waals surface area (Å²) in [6, 6.07) is 0.760. The topological polar surface area (TPSA) is 97.1 Å². The first-order valence-corrected chi connectivity index (χ1v) is 5.44. The summed E-state index contributed by atoms with van der Waals surface area (Å²) in [5.74, 6) is -6.03. The number of carboxylic acid groups (broad SMARTS) is 1. The number of nitrogens with zero attached hydrogens (tertiary/aromatic N) is 3. The van der Waals surface area contributed by atoms with Gasteiger partial charge in [-0.25, -0.2) is 17.9 Å². The van der Waals surface area contributed by atoms with Gasteiger partial charge in [0.1, 0.15) is 12.4 Å². The zero-order chi connectivity index (χ0) is 15.6. The number of benzene rings is 1. The third kappa shape index (κ3) is 3.35. The first kappa shape index (κ1) is 14.5. The van der Waals surface area contributed by atoms with Gasteiger partial charge in [-0.05, 0) is 0 Å². The van der Waals surface area contributed by atoms with E-state index >= 15 is 0 Å². The van der Waals surface area contributed by atoms with Gasteiger partial charge in [-0.3, -0.25) is 9.59 Å². The number of aliphatic carboxylic acids is 1. The number of anilines is 1. The molecule has 0 saturated carbocycles. The highest BCUT2D eigenvalue weighted by Gasteiger charge is 2.16. The number of hydrogen-bond donors (Lipinski definition) is 2. The highest BCUT2D eigenvalue weighted by Crippen LogP contribution is 2.18. The molecule has 0 saturated heterocycles. The summed E-state index contributed by atoms with van der Waals surface area (Å²) in [6.45, 7) is -0.514. The van der Waals surface area contributed by atoms with Gasteiger partial charge in [0.2, 0.25) is 0 Å². The molecule has 0 spiro atoms. The van der Waals surface area contributed by atoms with Crippen molar-refractivity contribution in [2.24, 2.45) is 0 Å².